The lowest BCUT2D eigenvalue weighted by Gasteiger charge is -2.04. The van der Waals surface area contributed by atoms with E-state index in [1.807, 2.05) is 0 Å². The summed E-state index contributed by atoms with van der Waals surface area (Å²) in [4.78, 5) is 0. The van der Waals surface area contributed by atoms with Crippen LogP contribution in [0, 0.1) is 5.82 Å². The van der Waals surface area contributed by atoms with E-state index in [1.54, 1.807) is 30.3 Å². The first kappa shape index (κ1) is 10.5. The topological polar surface area (TPSA) is 0 Å². The molecule has 2 rings (SSSR count). The van der Waals surface area contributed by atoms with E-state index in [9.17, 15) is 4.39 Å². The summed E-state index contributed by atoms with van der Waals surface area (Å²) in [5, 5.41) is 1.08. The number of benzene rings is 2. The van der Waals surface area contributed by atoms with E-state index in [-0.39, 0.29) is 5.82 Å². The molecule has 2 aromatic rings. The Morgan fingerprint density at radius 2 is 1.60 bits per heavy atom. The first-order chi connectivity index (χ1) is 7.16. The van der Waals surface area contributed by atoms with Crippen molar-refractivity contribution >= 4 is 23.2 Å². The van der Waals surface area contributed by atoms with Crippen LogP contribution in [-0.4, -0.2) is 0 Å². The Labute approximate surface area is 97.3 Å². The van der Waals surface area contributed by atoms with Gasteiger partial charge < -0.3 is 0 Å². The number of hydrogen-bond donors (Lipinski definition) is 0. The van der Waals surface area contributed by atoms with E-state index in [1.165, 1.54) is 12.1 Å². The molecule has 0 heterocycles. The molecular formula is C12H7Cl2F. The lowest BCUT2D eigenvalue weighted by atomic mass is 10.1. The molecule has 0 unspecified atom stereocenters. The molecule has 0 aliphatic rings. The van der Waals surface area contributed by atoms with E-state index >= 15 is 0 Å². The van der Waals surface area contributed by atoms with Crippen molar-refractivity contribution < 1.29 is 4.39 Å². The second-order valence-corrected chi connectivity index (χ2v) is 4.01. The Bertz CT molecular complexity index is 495. The quantitative estimate of drug-likeness (QED) is 0.672. The van der Waals surface area contributed by atoms with E-state index in [2.05, 4.69) is 0 Å². The highest BCUT2D eigenvalue weighted by molar-refractivity contribution is 6.31. The third kappa shape index (κ3) is 2.31. The number of hydrogen-bond acceptors (Lipinski definition) is 0. The maximum atomic E-state index is 13.5. The summed E-state index contributed by atoms with van der Waals surface area (Å²) in [5.74, 6) is -0.304. The smallest absolute Gasteiger partial charge is 0.131 e. The average molecular weight is 241 g/mol. The molecule has 0 fully saturated rings. The van der Waals surface area contributed by atoms with Crippen LogP contribution in [0.2, 0.25) is 10.0 Å². The van der Waals surface area contributed by atoms with E-state index in [0.29, 0.717) is 15.6 Å². The summed E-state index contributed by atoms with van der Waals surface area (Å²) in [6.45, 7) is 0. The minimum Gasteiger partial charge on any atom is -0.206 e. The van der Waals surface area contributed by atoms with Gasteiger partial charge in [0.05, 0.1) is 0 Å². The van der Waals surface area contributed by atoms with Crippen molar-refractivity contribution in [2.75, 3.05) is 0 Å². The molecule has 0 saturated heterocycles. The lowest BCUT2D eigenvalue weighted by Crippen LogP contribution is -1.83. The maximum Gasteiger partial charge on any atom is 0.131 e. The molecule has 0 aliphatic heterocycles. The Morgan fingerprint density at radius 1 is 0.867 bits per heavy atom. The Balaban J connectivity index is 2.58. The van der Waals surface area contributed by atoms with Gasteiger partial charge in [-0.15, -0.1) is 0 Å². The van der Waals surface area contributed by atoms with Crippen LogP contribution in [0.15, 0.2) is 42.5 Å². The first-order valence-corrected chi connectivity index (χ1v) is 5.13. The Morgan fingerprint density at radius 3 is 2.33 bits per heavy atom. The molecule has 0 spiro atoms. The van der Waals surface area contributed by atoms with Crippen LogP contribution in [0.4, 0.5) is 4.39 Å². The molecule has 0 amide bonds. The van der Waals surface area contributed by atoms with Crippen molar-refractivity contribution in [2.24, 2.45) is 0 Å². The second kappa shape index (κ2) is 4.21. The Hall–Kier alpha value is -1.05. The largest absolute Gasteiger partial charge is 0.206 e. The molecule has 0 radical (unpaired) electrons. The molecule has 0 aliphatic carbocycles. The normalized spacial score (nSPS) is 10.3. The third-order valence-corrected chi connectivity index (χ3v) is 2.53. The van der Waals surface area contributed by atoms with Crippen LogP contribution in [0.1, 0.15) is 0 Å². The van der Waals surface area contributed by atoms with Crippen LogP contribution in [0.25, 0.3) is 11.1 Å². The number of halogens is 3. The predicted octanol–water partition coefficient (Wildman–Crippen LogP) is 4.80. The monoisotopic (exact) mass is 240 g/mol. The van der Waals surface area contributed by atoms with Gasteiger partial charge in [-0.05, 0) is 35.9 Å². The molecular weight excluding hydrogens is 234 g/mol. The van der Waals surface area contributed by atoms with Gasteiger partial charge in [0.1, 0.15) is 5.82 Å². The fraction of sp³-hybridized carbons (Fsp3) is 0. The van der Waals surface area contributed by atoms with Crippen molar-refractivity contribution in [3.63, 3.8) is 0 Å². The number of rotatable bonds is 1. The van der Waals surface area contributed by atoms with Gasteiger partial charge in [0.15, 0.2) is 0 Å². The van der Waals surface area contributed by atoms with Gasteiger partial charge in [0.25, 0.3) is 0 Å². The summed E-state index contributed by atoms with van der Waals surface area (Å²) >= 11 is 11.6. The zero-order valence-electron chi connectivity index (χ0n) is 7.68. The summed E-state index contributed by atoms with van der Waals surface area (Å²) < 4.78 is 13.5. The van der Waals surface area contributed by atoms with Gasteiger partial charge in [-0.2, -0.15) is 0 Å². The molecule has 0 N–H and O–H groups in total. The second-order valence-electron chi connectivity index (χ2n) is 3.13. The van der Waals surface area contributed by atoms with E-state index < -0.39 is 0 Å². The highest BCUT2D eigenvalue weighted by Crippen LogP contribution is 2.27. The van der Waals surface area contributed by atoms with Crippen molar-refractivity contribution in [3.8, 4) is 11.1 Å². The molecule has 76 valence electrons. The molecule has 3 heteroatoms. The molecule has 0 bridgehead atoms. The maximum absolute atomic E-state index is 13.5. The van der Waals surface area contributed by atoms with Crippen molar-refractivity contribution in [1.29, 1.82) is 0 Å². The zero-order chi connectivity index (χ0) is 10.8. The van der Waals surface area contributed by atoms with Crippen molar-refractivity contribution in [3.05, 3.63) is 58.3 Å². The third-order valence-electron chi connectivity index (χ3n) is 2.06. The fourth-order valence-electron chi connectivity index (χ4n) is 1.37. The first-order valence-electron chi connectivity index (χ1n) is 4.38. The molecule has 2 aromatic carbocycles. The van der Waals surface area contributed by atoms with Crippen LogP contribution >= 0.6 is 23.2 Å². The van der Waals surface area contributed by atoms with Gasteiger partial charge in [-0.1, -0.05) is 35.3 Å². The molecule has 0 atom stereocenters. The summed E-state index contributed by atoms with van der Waals surface area (Å²) in [6.07, 6.45) is 0. The van der Waals surface area contributed by atoms with Crippen LogP contribution < -0.4 is 0 Å². The van der Waals surface area contributed by atoms with Gasteiger partial charge in [0.2, 0.25) is 0 Å². The standard InChI is InChI=1S/C12H7Cl2F/c13-9-3-1-2-8(6-9)11-7-10(14)4-5-12(11)15/h1-7H. The van der Waals surface area contributed by atoms with Gasteiger partial charge in [-0.25, -0.2) is 4.39 Å². The van der Waals surface area contributed by atoms with Crippen LogP contribution in [0.5, 0.6) is 0 Å². The molecule has 0 saturated carbocycles. The minimum atomic E-state index is -0.304. The molecule has 0 aromatic heterocycles. The summed E-state index contributed by atoms with van der Waals surface area (Å²) in [6, 6.07) is 11.5. The summed E-state index contributed by atoms with van der Waals surface area (Å²) in [7, 11) is 0. The average Bonchev–Trinajstić information content (AvgIpc) is 2.22. The Kier molecular flexibility index (Phi) is 2.94. The molecule has 15 heavy (non-hydrogen) atoms. The van der Waals surface area contributed by atoms with E-state index in [4.69, 9.17) is 23.2 Å². The SMILES string of the molecule is Fc1ccc(Cl)cc1-c1cccc(Cl)c1. The predicted molar refractivity (Wildman–Crippen MR) is 61.9 cm³/mol. The van der Waals surface area contributed by atoms with E-state index in [0.717, 1.165) is 5.56 Å². The zero-order valence-corrected chi connectivity index (χ0v) is 9.19. The van der Waals surface area contributed by atoms with Crippen molar-refractivity contribution in [2.45, 2.75) is 0 Å². The van der Waals surface area contributed by atoms with Gasteiger partial charge >= 0.3 is 0 Å². The highest BCUT2D eigenvalue weighted by atomic mass is 35.5. The van der Waals surface area contributed by atoms with Gasteiger partial charge in [0, 0.05) is 15.6 Å². The highest BCUT2D eigenvalue weighted by Gasteiger charge is 2.05. The van der Waals surface area contributed by atoms with Crippen molar-refractivity contribution in [1.82, 2.24) is 0 Å². The summed E-state index contributed by atoms with van der Waals surface area (Å²) in [5.41, 5.74) is 1.19. The lowest BCUT2D eigenvalue weighted by molar-refractivity contribution is 0.631. The van der Waals surface area contributed by atoms with Crippen LogP contribution in [-0.2, 0) is 0 Å². The molecule has 0 nitrogen and oxygen atoms in total. The van der Waals surface area contributed by atoms with Gasteiger partial charge in [-0.3, -0.25) is 0 Å². The van der Waals surface area contributed by atoms with Crippen LogP contribution in [0.3, 0.4) is 0 Å². The minimum absolute atomic E-state index is 0.304. The fourth-order valence-corrected chi connectivity index (χ4v) is 1.74.